The molecular weight excluding hydrogens is 859 g/mol. The van der Waals surface area contributed by atoms with Crippen molar-refractivity contribution in [3.05, 3.63) is 35.9 Å². The zero-order valence-electron chi connectivity index (χ0n) is 42.0. The normalized spacial score (nSPS) is 41.2. The molecule has 3 aliphatic carbocycles. The minimum atomic E-state index is -0.670. The number of ether oxygens (including phenoxy) is 9. The van der Waals surface area contributed by atoms with E-state index in [0.717, 1.165) is 43.4 Å². The number of benzene rings is 1. The highest BCUT2D eigenvalue weighted by Gasteiger charge is 2.69. The highest BCUT2D eigenvalue weighted by atomic mass is 16.7. The molecule has 374 valence electrons. The predicted octanol–water partition coefficient (Wildman–Crippen LogP) is 7.54. The van der Waals surface area contributed by atoms with Crippen molar-refractivity contribution in [1.29, 1.82) is 0 Å². The van der Waals surface area contributed by atoms with Gasteiger partial charge in [-0.15, -0.1) is 0 Å². The van der Waals surface area contributed by atoms with E-state index in [4.69, 9.17) is 42.6 Å². The Morgan fingerprint density at radius 2 is 1.55 bits per heavy atom. The van der Waals surface area contributed by atoms with E-state index in [-0.39, 0.29) is 103 Å². The minimum absolute atomic E-state index is 0.00360. The van der Waals surface area contributed by atoms with Crippen LogP contribution < -0.4 is 10.2 Å². The fraction of sp³-hybridized carbons (Fsp3) is 0.788. The zero-order valence-corrected chi connectivity index (χ0v) is 42.0. The van der Waals surface area contributed by atoms with E-state index in [1.165, 1.54) is 0 Å². The molecule has 7 aliphatic rings. The standard InChI is InChI=1S/C52H79N3O12/c1-13-32-15-14-16-40(66-42-22-21-39(54(8)9)28(3)62-42)27(2)46(57)38-25-35-34-23-33(65-50-49(61-12)48(60-11)47(59-10)29(4)63-50)24-37(34)44-45(43(35)36(38)26-41(56)64-32)55(44)31-19-17-30(18-20-31)53-51(58)67-52(5,6)7/h17-20,25,27-29,32-37,39-40,42-45,47-50H,13-16,21-24,26H2,1-12H3,(H,53,58)/t27-,28?,29?,32+,33+,34+,35+,36-,37-,39+,40+,42+,43-,44+,45-,47+,48?,49+,50+,55?/m1/s1. The Balaban J connectivity index is 1.11. The number of nitrogens with one attached hydrogen (secondary N) is 1. The van der Waals surface area contributed by atoms with E-state index in [0.29, 0.717) is 31.0 Å². The number of cyclic esters (lactones) is 1. The molecule has 15 heteroatoms. The SMILES string of the molecule is CC[C@H]1CCC[C@H](O[C@H]2CC[C@H](N(C)C)C(C)O2)[C@@H](C)C(=O)C2=C[C@H]3[C@@H]4C[C@H](O[C@@H]5OC(C)[C@H](OC)C(OC)[C@@H]5OC)C[C@H]4[C@H]4[C@@H]([C@H]3[C@@H]2CC(=O)O1)N4c1ccc(NC(=O)OC(C)(C)C)cc1. The van der Waals surface area contributed by atoms with Gasteiger partial charge < -0.3 is 52.4 Å². The summed E-state index contributed by atoms with van der Waals surface area (Å²) in [7, 11) is 9.14. The van der Waals surface area contributed by atoms with Gasteiger partial charge in [-0.3, -0.25) is 14.9 Å². The number of anilines is 2. The summed E-state index contributed by atoms with van der Waals surface area (Å²) in [6.45, 7) is 13.7. The Hall–Kier alpha value is -3.15. The van der Waals surface area contributed by atoms with E-state index in [1.807, 2.05) is 58.9 Å². The van der Waals surface area contributed by atoms with Crippen LogP contribution in [-0.2, 0) is 52.2 Å². The predicted molar refractivity (Wildman–Crippen MR) is 251 cm³/mol. The van der Waals surface area contributed by atoms with Gasteiger partial charge >= 0.3 is 12.1 Å². The number of carbonyl (C=O) groups excluding carboxylic acids is 3. The molecule has 1 N–H and O–H groups in total. The number of nitrogens with zero attached hydrogens (tertiary/aromatic N) is 2. The van der Waals surface area contributed by atoms with Gasteiger partial charge in [0.15, 0.2) is 18.4 Å². The van der Waals surface area contributed by atoms with E-state index in [9.17, 15) is 9.59 Å². The third kappa shape index (κ3) is 10.5. The van der Waals surface area contributed by atoms with E-state index in [1.54, 1.807) is 21.3 Å². The van der Waals surface area contributed by atoms with E-state index in [2.05, 4.69) is 49.1 Å². The Morgan fingerprint density at radius 3 is 2.19 bits per heavy atom. The number of hydrogen-bond donors (Lipinski definition) is 1. The first-order chi connectivity index (χ1) is 31.9. The summed E-state index contributed by atoms with van der Waals surface area (Å²) in [6.07, 6.45) is 4.70. The minimum Gasteiger partial charge on any atom is -0.462 e. The molecular formula is C52H79N3O12. The zero-order chi connectivity index (χ0) is 48.1. The summed E-state index contributed by atoms with van der Waals surface area (Å²) in [5, 5.41) is 2.87. The number of hydrogen-bond acceptors (Lipinski definition) is 14. The highest BCUT2D eigenvalue weighted by Crippen LogP contribution is 2.65. The van der Waals surface area contributed by atoms with Crippen molar-refractivity contribution in [3.8, 4) is 0 Å². The molecule has 1 amide bonds. The molecule has 15 nitrogen and oxygen atoms in total. The van der Waals surface area contributed by atoms with Gasteiger partial charge in [0.25, 0.3) is 0 Å². The van der Waals surface area contributed by atoms with Crippen LogP contribution in [0.2, 0.25) is 0 Å². The fourth-order valence-electron chi connectivity index (χ4n) is 13.1. The largest absolute Gasteiger partial charge is 0.462 e. The van der Waals surface area contributed by atoms with Gasteiger partial charge in [-0.25, -0.2) is 4.79 Å². The third-order valence-electron chi connectivity index (χ3n) is 16.2. The lowest BCUT2D eigenvalue weighted by atomic mass is 9.66. The maximum absolute atomic E-state index is 15.3. The van der Waals surface area contributed by atoms with Gasteiger partial charge in [-0.1, -0.05) is 19.9 Å². The van der Waals surface area contributed by atoms with Crippen molar-refractivity contribution in [2.24, 2.45) is 35.5 Å². The average molecular weight is 938 g/mol. The Kier molecular flexibility index (Phi) is 15.5. The number of carbonyl (C=O) groups is 3. The van der Waals surface area contributed by atoms with E-state index < -0.39 is 36.3 Å². The van der Waals surface area contributed by atoms with Crippen LogP contribution in [0.15, 0.2) is 35.9 Å². The van der Waals surface area contributed by atoms with Crippen LogP contribution in [0.1, 0.15) is 106 Å². The lowest BCUT2D eigenvalue weighted by Crippen LogP contribution is -2.59. The second kappa shape index (κ2) is 20.7. The molecule has 1 aromatic carbocycles. The van der Waals surface area contributed by atoms with Gasteiger partial charge in [0.2, 0.25) is 0 Å². The molecule has 8 rings (SSSR count). The monoisotopic (exact) mass is 938 g/mol. The molecule has 0 spiro atoms. The number of likely N-dealkylation sites (N-methyl/N-ethyl adjacent to an activating group) is 1. The fourth-order valence-corrected chi connectivity index (χ4v) is 13.1. The van der Waals surface area contributed by atoms with Crippen molar-refractivity contribution in [3.63, 3.8) is 0 Å². The van der Waals surface area contributed by atoms with Crippen LogP contribution >= 0.6 is 0 Å². The van der Waals surface area contributed by atoms with Crippen LogP contribution in [0.25, 0.3) is 0 Å². The Labute approximate surface area is 398 Å². The summed E-state index contributed by atoms with van der Waals surface area (Å²) in [4.78, 5) is 46.8. The molecule has 0 aromatic heterocycles. The maximum Gasteiger partial charge on any atom is 0.412 e. The number of fused-ring (bicyclic) bond motifs is 8. The first-order valence-electron chi connectivity index (χ1n) is 25.1. The number of ketones is 1. The molecule has 67 heavy (non-hydrogen) atoms. The molecule has 0 radical (unpaired) electrons. The maximum atomic E-state index is 15.3. The van der Waals surface area contributed by atoms with Crippen LogP contribution in [0.4, 0.5) is 16.2 Å². The second-order valence-electron chi connectivity index (χ2n) is 21.7. The number of esters is 1. The first kappa shape index (κ1) is 50.2. The lowest BCUT2D eigenvalue weighted by Gasteiger charge is -2.44. The van der Waals surface area contributed by atoms with Gasteiger partial charge in [0.05, 0.1) is 42.9 Å². The molecule has 19 atom stereocenters. The topological polar surface area (TPSA) is 153 Å². The van der Waals surface area contributed by atoms with Gasteiger partial charge in [-0.2, -0.15) is 0 Å². The summed E-state index contributed by atoms with van der Waals surface area (Å²) in [6, 6.07) is 8.41. The number of Topliss-reactive ketones (excluding diaryl/α,β-unsaturated/α-hetero) is 1. The lowest BCUT2D eigenvalue weighted by molar-refractivity contribution is -0.314. The molecule has 2 saturated carbocycles. The van der Waals surface area contributed by atoms with Crippen LogP contribution in [0.3, 0.4) is 0 Å². The van der Waals surface area contributed by atoms with Gasteiger partial charge in [0, 0.05) is 50.6 Å². The Bertz CT molecular complexity index is 1920. The molecule has 1 aromatic rings. The van der Waals surface area contributed by atoms with Crippen LogP contribution in [0, 0.1) is 35.5 Å². The van der Waals surface area contributed by atoms with Crippen molar-refractivity contribution in [2.75, 3.05) is 45.6 Å². The van der Waals surface area contributed by atoms with Crippen molar-refractivity contribution >= 4 is 29.2 Å². The van der Waals surface area contributed by atoms with Gasteiger partial charge in [0.1, 0.15) is 30.0 Å². The van der Waals surface area contributed by atoms with Crippen molar-refractivity contribution < 1.29 is 57.0 Å². The molecule has 4 heterocycles. The quantitative estimate of drug-likeness (QED) is 0.172. The number of methoxy groups -OCH3 is 3. The highest BCUT2D eigenvalue weighted by molar-refractivity contribution is 5.99. The van der Waals surface area contributed by atoms with Crippen molar-refractivity contribution in [1.82, 2.24) is 4.90 Å². The summed E-state index contributed by atoms with van der Waals surface area (Å²) in [5.74, 6) is -0.563. The van der Waals surface area contributed by atoms with Crippen molar-refractivity contribution in [2.45, 2.75) is 191 Å². The summed E-state index contributed by atoms with van der Waals surface area (Å²) < 4.78 is 56.3. The molecule has 6 fully saturated rings. The number of rotatable bonds is 11. The molecule has 0 bridgehead atoms. The van der Waals surface area contributed by atoms with Crippen LogP contribution in [0.5, 0.6) is 0 Å². The van der Waals surface area contributed by atoms with Gasteiger partial charge in [-0.05, 0) is 154 Å². The molecule has 3 unspecified atom stereocenters. The van der Waals surface area contributed by atoms with E-state index >= 15 is 4.79 Å². The summed E-state index contributed by atoms with van der Waals surface area (Å²) >= 11 is 0. The third-order valence-corrected chi connectivity index (χ3v) is 16.2. The summed E-state index contributed by atoms with van der Waals surface area (Å²) in [5.41, 5.74) is 1.76. The molecule has 4 saturated heterocycles. The van der Waals surface area contributed by atoms with Crippen LogP contribution in [-0.4, -0.2) is 143 Å². The molecule has 4 aliphatic heterocycles. The smallest absolute Gasteiger partial charge is 0.412 e. The number of amides is 1. The second-order valence-corrected chi connectivity index (χ2v) is 21.7. The average Bonchev–Trinajstić information content (AvgIpc) is 3.67. The Morgan fingerprint density at radius 1 is 0.851 bits per heavy atom. The number of allylic oxidation sites excluding steroid dienone is 2. The first-order valence-corrected chi connectivity index (χ1v) is 25.1.